The van der Waals surface area contributed by atoms with Gasteiger partial charge in [0, 0.05) is 80.9 Å². The number of nitrogens with one attached hydrogen (secondary N) is 1. The van der Waals surface area contributed by atoms with Crippen molar-refractivity contribution in [3.05, 3.63) is 173 Å². The van der Waals surface area contributed by atoms with Gasteiger partial charge in [0.15, 0.2) is 5.78 Å². The number of benzene rings is 5. The highest BCUT2D eigenvalue weighted by atomic mass is 16.5. The van der Waals surface area contributed by atoms with Crippen molar-refractivity contribution in [2.75, 3.05) is 24.4 Å². The molecule has 2 amide bonds. The van der Waals surface area contributed by atoms with Gasteiger partial charge in [-0.1, -0.05) is 84.9 Å². The number of rotatable bonds is 13. The Morgan fingerprint density at radius 2 is 1.19 bits per heavy atom. The minimum Gasteiger partial charge on any atom is -0.497 e. The number of carboxylic acid groups (broad SMARTS) is 2. The largest absolute Gasteiger partial charge is 0.497 e. The average Bonchev–Trinajstić information content (AvgIpc) is 3.82. The van der Waals surface area contributed by atoms with E-state index in [1.165, 1.54) is 24.2 Å². The van der Waals surface area contributed by atoms with Crippen molar-refractivity contribution in [2.24, 2.45) is 0 Å². The summed E-state index contributed by atoms with van der Waals surface area (Å²) in [5.74, 6) is -2.67. The van der Waals surface area contributed by atoms with E-state index in [-0.39, 0.29) is 30.0 Å². The van der Waals surface area contributed by atoms with Crippen LogP contribution in [0.25, 0.3) is 34.0 Å². The maximum absolute atomic E-state index is 12.9. The Morgan fingerprint density at radius 1 is 0.667 bits per heavy atom. The van der Waals surface area contributed by atoms with E-state index in [1.54, 1.807) is 138 Å². The molecule has 0 saturated heterocycles. The fourth-order valence-corrected chi connectivity index (χ4v) is 6.74. The Hall–Kier alpha value is -9.01. The molecule has 14 heteroatoms. The van der Waals surface area contributed by atoms with Crippen LogP contribution in [0.3, 0.4) is 0 Å². The number of para-hydroxylation sites is 2. The fraction of sp³-hybridized carbons (Fsp3) is 0.0816. The van der Waals surface area contributed by atoms with Crippen LogP contribution in [-0.4, -0.2) is 63.0 Å². The zero-order chi connectivity index (χ0) is 45.0. The van der Waals surface area contributed by atoms with E-state index in [0.717, 1.165) is 10.8 Å². The number of nitriles is 2. The number of carbonyl (C=O) groups is 5. The molecule has 0 aliphatic rings. The summed E-state index contributed by atoms with van der Waals surface area (Å²) >= 11 is 0. The molecule has 2 heterocycles. The highest BCUT2D eigenvalue weighted by molar-refractivity contribution is 6.13. The van der Waals surface area contributed by atoms with Crippen molar-refractivity contribution < 1.29 is 38.9 Å². The van der Waals surface area contributed by atoms with E-state index in [9.17, 15) is 39.6 Å². The molecule has 7 rings (SSSR count). The second kappa shape index (κ2) is 19.8. The van der Waals surface area contributed by atoms with E-state index in [4.69, 9.17) is 9.84 Å². The highest BCUT2D eigenvalue weighted by Gasteiger charge is 2.19. The lowest BCUT2D eigenvalue weighted by Gasteiger charge is -2.17. The van der Waals surface area contributed by atoms with Crippen molar-refractivity contribution >= 4 is 74.9 Å². The van der Waals surface area contributed by atoms with Crippen LogP contribution < -0.4 is 15.0 Å². The first-order valence-corrected chi connectivity index (χ1v) is 19.2. The van der Waals surface area contributed by atoms with Crippen molar-refractivity contribution in [3.8, 4) is 17.9 Å². The van der Waals surface area contributed by atoms with Gasteiger partial charge >= 0.3 is 11.9 Å². The Bertz CT molecular complexity index is 3040. The van der Waals surface area contributed by atoms with Gasteiger partial charge in [-0.25, -0.2) is 0 Å². The normalized spacial score (nSPS) is 11.1. The van der Waals surface area contributed by atoms with Gasteiger partial charge in [-0.2, -0.15) is 10.5 Å². The fourth-order valence-electron chi connectivity index (χ4n) is 6.74. The molecular formula is C49H38N6O8. The van der Waals surface area contributed by atoms with Gasteiger partial charge in [-0.05, 0) is 48.6 Å². The molecule has 0 aliphatic heterocycles. The number of carbonyl (C=O) groups excluding carboxylic acids is 3. The quantitative estimate of drug-likeness (QED) is 0.0583. The van der Waals surface area contributed by atoms with Crippen LogP contribution in [-0.2, 0) is 32.3 Å². The van der Waals surface area contributed by atoms with Crippen LogP contribution in [0.15, 0.2) is 151 Å². The molecule has 0 aliphatic carbocycles. The van der Waals surface area contributed by atoms with E-state index in [0.29, 0.717) is 50.4 Å². The summed E-state index contributed by atoms with van der Waals surface area (Å²) in [6.07, 6.45) is 6.15. The molecule has 0 unspecified atom stereocenters. The second-order valence-corrected chi connectivity index (χ2v) is 13.9. The minimum absolute atomic E-state index is 0.0615. The highest BCUT2D eigenvalue weighted by Crippen LogP contribution is 2.27. The molecule has 14 nitrogen and oxygen atoms in total. The summed E-state index contributed by atoms with van der Waals surface area (Å²) in [4.78, 5) is 62.1. The van der Waals surface area contributed by atoms with Gasteiger partial charge in [-0.3, -0.25) is 24.0 Å². The lowest BCUT2D eigenvalue weighted by molar-refractivity contribution is -0.138. The third kappa shape index (κ3) is 10.4. The number of hydrogen-bond donors (Lipinski definition) is 3. The number of ether oxygens (including phenoxy) is 1. The van der Waals surface area contributed by atoms with Crippen molar-refractivity contribution in [2.45, 2.75) is 13.1 Å². The Kier molecular flexibility index (Phi) is 13.7. The molecule has 3 N–H and O–H groups in total. The zero-order valence-electron chi connectivity index (χ0n) is 33.9. The molecule has 0 radical (unpaired) electrons. The molecule has 5 aromatic carbocycles. The Balaban J connectivity index is 0.000000213. The van der Waals surface area contributed by atoms with Gasteiger partial charge in [0.05, 0.1) is 7.11 Å². The number of aliphatic carboxylic acids is 2. The topological polar surface area (TPSA) is 208 Å². The molecule has 0 saturated carbocycles. The molecule has 0 atom stereocenters. The third-order valence-electron chi connectivity index (χ3n) is 9.73. The monoisotopic (exact) mass is 838 g/mol. The number of amides is 2. The summed E-state index contributed by atoms with van der Waals surface area (Å²) < 4.78 is 8.31. The van der Waals surface area contributed by atoms with Gasteiger partial charge in [0.25, 0.3) is 11.8 Å². The first-order valence-electron chi connectivity index (χ1n) is 19.2. The Morgan fingerprint density at radius 3 is 1.75 bits per heavy atom. The number of ketones is 1. The predicted molar refractivity (Wildman–Crippen MR) is 238 cm³/mol. The maximum Gasteiger partial charge on any atom is 0.323 e. The SMILES string of the molecule is COc1cccc(N(C)C(=O)C(C#N)=Cc2cn(CC(=O)O)c3ccccc23)c1.N#CC(=Cc1cn(CC(=O)O)c2ccccc12)C(=O)Nc1cccc(C(=O)c2ccccc2)c1. The molecule has 0 fully saturated rings. The molecule has 2 aromatic heterocycles. The molecular weight excluding hydrogens is 801 g/mol. The number of methoxy groups -OCH3 is 1. The maximum atomic E-state index is 12.9. The average molecular weight is 839 g/mol. The number of fused-ring (bicyclic) bond motifs is 2. The number of anilines is 2. The van der Waals surface area contributed by atoms with Crippen LogP contribution in [0.5, 0.6) is 5.75 Å². The summed E-state index contributed by atoms with van der Waals surface area (Å²) in [7, 11) is 3.12. The number of likely N-dealkylation sites (N-methyl/N-ethyl adjacent to an activating group) is 1. The lowest BCUT2D eigenvalue weighted by atomic mass is 10.0. The lowest BCUT2D eigenvalue weighted by Crippen LogP contribution is -2.27. The van der Waals surface area contributed by atoms with Crippen LogP contribution in [0.2, 0.25) is 0 Å². The van der Waals surface area contributed by atoms with E-state index < -0.39 is 23.8 Å². The summed E-state index contributed by atoms with van der Waals surface area (Å²) in [5, 5.41) is 41.7. The van der Waals surface area contributed by atoms with Crippen LogP contribution in [0.1, 0.15) is 27.0 Å². The molecule has 0 spiro atoms. The minimum atomic E-state index is -1.00. The Labute approximate surface area is 361 Å². The summed E-state index contributed by atoms with van der Waals surface area (Å²) in [6.45, 7) is -0.460. The van der Waals surface area contributed by atoms with E-state index in [1.807, 2.05) is 30.3 Å². The van der Waals surface area contributed by atoms with Crippen molar-refractivity contribution in [1.29, 1.82) is 10.5 Å². The number of nitrogens with zero attached hydrogens (tertiary/aromatic N) is 5. The molecule has 0 bridgehead atoms. The first kappa shape index (κ1) is 43.6. The third-order valence-corrected chi connectivity index (χ3v) is 9.73. The number of carboxylic acids is 2. The summed E-state index contributed by atoms with van der Waals surface area (Å²) in [5.41, 5.74) is 4.23. The smallest absolute Gasteiger partial charge is 0.323 e. The second-order valence-electron chi connectivity index (χ2n) is 13.9. The molecule has 63 heavy (non-hydrogen) atoms. The van der Waals surface area contributed by atoms with Gasteiger partial charge < -0.3 is 34.3 Å². The standard InChI is InChI=1S/C27H19N3O4.C22H19N3O4/c28-15-20(13-21-16-30(17-25(31)32)24-12-5-4-11-23(21)24)27(34)29-22-10-6-9-19(14-22)26(33)18-7-2-1-3-8-18;1-24(17-6-5-7-18(11-17)29-2)22(28)15(12-23)10-16-13-25(14-21(26)27)20-9-4-3-8-19(16)20/h1-14,16H,17H2,(H,29,34)(H,31,32);3-11,13H,14H2,1-2H3,(H,26,27). The predicted octanol–water partition coefficient (Wildman–Crippen LogP) is 7.81. The van der Waals surface area contributed by atoms with E-state index >= 15 is 0 Å². The van der Waals surface area contributed by atoms with Crippen LogP contribution in [0.4, 0.5) is 11.4 Å². The van der Waals surface area contributed by atoms with Gasteiger partial charge in [0.2, 0.25) is 0 Å². The first-order chi connectivity index (χ1) is 30.4. The summed E-state index contributed by atoms with van der Waals surface area (Å²) in [6, 6.07) is 40.5. The van der Waals surface area contributed by atoms with Crippen LogP contribution >= 0.6 is 0 Å². The van der Waals surface area contributed by atoms with Crippen molar-refractivity contribution in [3.63, 3.8) is 0 Å². The van der Waals surface area contributed by atoms with E-state index in [2.05, 4.69) is 5.32 Å². The number of hydrogen-bond acceptors (Lipinski definition) is 8. The van der Waals surface area contributed by atoms with Gasteiger partial charge in [0.1, 0.15) is 42.1 Å². The van der Waals surface area contributed by atoms with Crippen molar-refractivity contribution in [1.82, 2.24) is 9.13 Å². The zero-order valence-corrected chi connectivity index (χ0v) is 33.9. The van der Waals surface area contributed by atoms with Gasteiger partial charge in [-0.15, -0.1) is 0 Å². The number of aromatic nitrogens is 2. The molecule has 7 aromatic rings. The molecule has 312 valence electrons. The van der Waals surface area contributed by atoms with Crippen LogP contribution in [0, 0.1) is 22.7 Å².